The predicted octanol–water partition coefficient (Wildman–Crippen LogP) is 3.71. The van der Waals surface area contributed by atoms with E-state index in [1.165, 1.54) is 0 Å². The fourth-order valence-corrected chi connectivity index (χ4v) is 7.06. The Bertz CT molecular complexity index is 687. The summed E-state index contributed by atoms with van der Waals surface area (Å²) < 4.78 is 0. The van der Waals surface area contributed by atoms with E-state index in [1.54, 1.807) is 0 Å². The molecular formula is C23H36N2O3. The van der Waals surface area contributed by atoms with Gasteiger partial charge >= 0.3 is 0 Å². The van der Waals surface area contributed by atoms with Gasteiger partial charge in [0.25, 0.3) is 0 Å². The summed E-state index contributed by atoms with van der Waals surface area (Å²) in [5, 5.41) is 4.38. The highest BCUT2D eigenvalue weighted by Gasteiger charge is 2.62. The molecule has 5 heteroatoms. The van der Waals surface area contributed by atoms with Gasteiger partial charge in [0.05, 0.1) is 5.71 Å². The van der Waals surface area contributed by atoms with Crippen LogP contribution in [0.1, 0.15) is 65.2 Å². The highest BCUT2D eigenvalue weighted by atomic mass is 16.6. The number of likely N-dealkylation sites (N-methyl/N-ethyl adjacent to an activating group) is 1. The maximum atomic E-state index is 13.2. The van der Waals surface area contributed by atoms with Gasteiger partial charge in [-0.2, -0.15) is 0 Å². The molecule has 0 bridgehead atoms. The quantitative estimate of drug-likeness (QED) is 0.544. The number of rotatable bonds is 4. The molecule has 0 radical (unpaired) electrons. The molecule has 0 aliphatic heterocycles. The van der Waals surface area contributed by atoms with E-state index in [4.69, 9.17) is 4.84 Å². The van der Waals surface area contributed by atoms with Crippen LogP contribution in [-0.2, 0) is 14.4 Å². The molecule has 0 saturated heterocycles. The molecule has 4 aliphatic carbocycles. The van der Waals surface area contributed by atoms with E-state index in [2.05, 4.69) is 23.9 Å². The molecular weight excluding hydrogens is 352 g/mol. The summed E-state index contributed by atoms with van der Waals surface area (Å²) in [6, 6.07) is 0. The fourth-order valence-electron chi connectivity index (χ4n) is 7.06. The van der Waals surface area contributed by atoms with Crippen molar-refractivity contribution < 1.29 is 14.4 Å². The first kappa shape index (κ1) is 20.1. The SMILES string of the molecule is CN(C)CCO/N=C1\CC[C@]2(C)C3CC[C@]4(C)C(=O)CC[C@H]4C3CC(=O)[C@H]2C1. The van der Waals surface area contributed by atoms with Gasteiger partial charge in [0, 0.05) is 30.7 Å². The third-order valence-corrected chi connectivity index (χ3v) is 8.83. The minimum atomic E-state index is -0.161. The lowest BCUT2D eigenvalue weighted by Crippen LogP contribution is -2.56. The fraction of sp³-hybridized carbons (Fsp3) is 0.870. The first-order chi connectivity index (χ1) is 13.3. The zero-order chi connectivity index (χ0) is 20.1. The van der Waals surface area contributed by atoms with Crippen LogP contribution in [0.2, 0.25) is 0 Å². The minimum absolute atomic E-state index is 0.0651. The summed E-state index contributed by atoms with van der Waals surface area (Å²) in [6.07, 6.45) is 7.24. The zero-order valence-electron chi connectivity index (χ0n) is 18.0. The van der Waals surface area contributed by atoms with Crippen LogP contribution in [0.3, 0.4) is 0 Å². The van der Waals surface area contributed by atoms with E-state index >= 15 is 0 Å². The van der Waals surface area contributed by atoms with Gasteiger partial charge in [-0.15, -0.1) is 0 Å². The van der Waals surface area contributed by atoms with Crippen LogP contribution < -0.4 is 0 Å². The first-order valence-corrected chi connectivity index (χ1v) is 11.1. The second-order valence-corrected chi connectivity index (χ2v) is 10.5. The molecule has 4 aliphatic rings. The highest BCUT2D eigenvalue weighted by molar-refractivity contribution is 5.93. The van der Waals surface area contributed by atoms with Crippen molar-refractivity contribution in [2.24, 2.45) is 39.7 Å². The third-order valence-electron chi connectivity index (χ3n) is 8.83. The van der Waals surface area contributed by atoms with Crippen LogP contribution in [0.25, 0.3) is 0 Å². The average molecular weight is 389 g/mol. The Morgan fingerprint density at radius 3 is 2.61 bits per heavy atom. The number of carbonyl (C=O) groups excluding carboxylic acids is 2. The predicted molar refractivity (Wildman–Crippen MR) is 109 cm³/mol. The van der Waals surface area contributed by atoms with E-state index in [0.29, 0.717) is 42.3 Å². The molecule has 0 heterocycles. The number of hydrogen-bond donors (Lipinski definition) is 0. The van der Waals surface area contributed by atoms with Crippen molar-refractivity contribution in [1.82, 2.24) is 4.90 Å². The summed E-state index contributed by atoms with van der Waals surface area (Å²) in [4.78, 5) is 33.4. The summed E-state index contributed by atoms with van der Waals surface area (Å²) in [5.74, 6) is 2.35. The summed E-state index contributed by atoms with van der Waals surface area (Å²) in [7, 11) is 4.04. The number of hydrogen-bond acceptors (Lipinski definition) is 5. The van der Waals surface area contributed by atoms with E-state index in [0.717, 1.165) is 57.2 Å². The molecule has 0 aromatic heterocycles. The molecule has 28 heavy (non-hydrogen) atoms. The third kappa shape index (κ3) is 3.14. The lowest BCUT2D eigenvalue weighted by atomic mass is 9.45. The van der Waals surface area contributed by atoms with Crippen molar-refractivity contribution in [3.63, 3.8) is 0 Å². The van der Waals surface area contributed by atoms with E-state index in [9.17, 15) is 9.59 Å². The average Bonchev–Trinajstić information content (AvgIpc) is 2.95. The maximum Gasteiger partial charge on any atom is 0.139 e. The van der Waals surface area contributed by atoms with Crippen molar-refractivity contribution in [3.8, 4) is 0 Å². The van der Waals surface area contributed by atoms with Gasteiger partial charge in [-0.1, -0.05) is 19.0 Å². The lowest BCUT2D eigenvalue weighted by molar-refractivity contribution is -0.152. The topological polar surface area (TPSA) is 59.0 Å². The van der Waals surface area contributed by atoms with Gasteiger partial charge < -0.3 is 9.74 Å². The van der Waals surface area contributed by atoms with Crippen LogP contribution in [-0.4, -0.2) is 49.4 Å². The Balaban J connectivity index is 1.49. The van der Waals surface area contributed by atoms with Crippen molar-refractivity contribution in [1.29, 1.82) is 0 Å². The van der Waals surface area contributed by atoms with Gasteiger partial charge in [0.1, 0.15) is 18.2 Å². The largest absolute Gasteiger partial charge is 0.394 e. The number of nitrogens with zero attached hydrogens (tertiary/aromatic N) is 2. The standard InChI is InChI=1S/C23H36N2O3/c1-22-9-7-15(24-28-12-11-25(3)4)13-19(22)20(26)14-16-17-5-6-21(27)23(17,2)10-8-18(16)22/h16-19H,5-14H2,1-4H3/b24-15+/t16?,17-,18?,19+,22+,23-/m0/s1. The Morgan fingerprint density at radius 2 is 1.86 bits per heavy atom. The molecule has 4 fully saturated rings. The number of carbonyl (C=O) groups is 2. The molecule has 0 aromatic carbocycles. The van der Waals surface area contributed by atoms with Crippen molar-refractivity contribution in [2.45, 2.75) is 65.2 Å². The van der Waals surface area contributed by atoms with E-state index < -0.39 is 0 Å². The molecule has 4 saturated carbocycles. The van der Waals surface area contributed by atoms with Crippen LogP contribution in [0.15, 0.2) is 5.16 Å². The van der Waals surface area contributed by atoms with Crippen molar-refractivity contribution >= 4 is 17.3 Å². The second-order valence-electron chi connectivity index (χ2n) is 10.5. The summed E-state index contributed by atoms with van der Waals surface area (Å²) in [5.41, 5.74) is 0.965. The first-order valence-electron chi connectivity index (χ1n) is 11.1. The van der Waals surface area contributed by atoms with Crippen LogP contribution in [0.5, 0.6) is 0 Å². The smallest absolute Gasteiger partial charge is 0.139 e. The number of fused-ring (bicyclic) bond motifs is 5. The van der Waals surface area contributed by atoms with Gasteiger partial charge in [-0.3, -0.25) is 9.59 Å². The molecule has 5 nitrogen and oxygen atoms in total. The zero-order valence-corrected chi connectivity index (χ0v) is 18.0. The summed E-state index contributed by atoms with van der Waals surface area (Å²) >= 11 is 0. The molecule has 0 amide bonds. The normalized spacial score (nSPS) is 44.4. The molecule has 2 unspecified atom stereocenters. The van der Waals surface area contributed by atoms with Crippen molar-refractivity contribution in [3.05, 3.63) is 0 Å². The van der Waals surface area contributed by atoms with E-state index in [-0.39, 0.29) is 16.7 Å². The van der Waals surface area contributed by atoms with Crippen LogP contribution in [0, 0.1) is 34.5 Å². The molecule has 156 valence electrons. The monoisotopic (exact) mass is 388 g/mol. The number of oxime groups is 1. The minimum Gasteiger partial charge on any atom is -0.394 e. The molecule has 4 rings (SSSR count). The van der Waals surface area contributed by atoms with Gasteiger partial charge in [-0.05, 0) is 75.8 Å². The summed E-state index contributed by atoms with van der Waals surface area (Å²) in [6.45, 7) is 5.97. The van der Waals surface area contributed by atoms with Gasteiger partial charge in [0.15, 0.2) is 0 Å². The van der Waals surface area contributed by atoms with Crippen molar-refractivity contribution in [2.75, 3.05) is 27.2 Å². The van der Waals surface area contributed by atoms with Crippen LogP contribution >= 0.6 is 0 Å². The lowest BCUT2D eigenvalue weighted by Gasteiger charge is -2.58. The van der Waals surface area contributed by atoms with Crippen LogP contribution in [0.4, 0.5) is 0 Å². The highest BCUT2D eigenvalue weighted by Crippen LogP contribution is 2.64. The Hall–Kier alpha value is -1.23. The van der Waals surface area contributed by atoms with E-state index in [1.807, 2.05) is 14.1 Å². The number of ketones is 2. The second kappa shape index (κ2) is 7.23. The molecule has 0 aromatic rings. The maximum absolute atomic E-state index is 13.2. The molecule has 0 spiro atoms. The Morgan fingerprint density at radius 1 is 1.07 bits per heavy atom. The molecule has 0 N–H and O–H groups in total. The Labute approximate surface area is 169 Å². The van der Waals surface area contributed by atoms with Gasteiger partial charge in [0.2, 0.25) is 0 Å². The Kier molecular flexibility index (Phi) is 5.18. The molecule has 6 atom stereocenters. The number of Topliss-reactive ketones (excluding diaryl/α,β-unsaturated/α-hetero) is 2. The van der Waals surface area contributed by atoms with Gasteiger partial charge in [-0.25, -0.2) is 0 Å².